The summed E-state index contributed by atoms with van der Waals surface area (Å²) in [6.45, 7) is 1.88. The summed E-state index contributed by atoms with van der Waals surface area (Å²) in [6, 6.07) is 10.1. The summed E-state index contributed by atoms with van der Waals surface area (Å²) in [5.74, 6) is 0.460. The molecule has 0 aliphatic carbocycles. The van der Waals surface area contributed by atoms with E-state index in [0.29, 0.717) is 21.4 Å². The molecule has 0 amide bonds. The molecule has 0 fully saturated rings. The molecule has 1 N–H and O–H groups in total. The van der Waals surface area contributed by atoms with Gasteiger partial charge in [-0.2, -0.15) is 0 Å². The van der Waals surface area contributed by atoms with Crippen molar-refractivity contribution in [3.05, 3.63) is 47.0 Å². The van der Waals surface area contributed by atoms with Crippen molar-refractivity contribution in [1.29, 1.82) is 0 Å². The zero-order valence-electron chi connectivity index (χ0n) is 12.4. The van der Waals surface area contributed by atoms with E-state index >= 15 is 0 Å². The van der Waals surface area contributed by atoms with E-state index in [2.05, 4.69) is 4.72 Å². The second-order valence-corrected chi connectivity index (χ2v) is 7.54. The first-order chi connectivity index (χ1) is 10.4. The maximum atomic E-state index is 12.7. The van der Waals surface area contributed by atoms with Gasteiger partial charge in [0.25, 0.3) is 10.0 Å². The fraction of sp³-hybridized carbons (Fsp3) is 0.200. The van der Waals surface area contributed by atoms with E-state index in [4.69, 9.17) is 16.3 Å². The fourth-order valence-electron chi connectivity index (χ4n) is 1.96. The number of hydrogen-bond acceptors (Lipinski definition) is 4. The molecular formula is C15H16ClNO3S2. The molecule has 118 valence electrons. The van der Waals surface area contributed by atoms with Crippen LogP contribution < -0.4 is 9.46 Å². The van der Waals surface area contributed by atoms with Gasteiger partial charge >= 0.3 is 0 Å². The summed E-state index contributed by atoms with van der Waals surface area (Å²) in [6.07, 6.45) is 1.81. The van der Waals surface area contributed by atoms with Gasteiger partial charge in [-0.15, -0.1) is 11.8 Å². The Kier molecular flexibility index (Phi) is 5.26. The van der Waals surface area contributed by atoms with Gasteiger partial charge in [-0.1, -0.05) is 17.7 Å². The minimum atomic E-state index is -3.76. The van der Waals surface area contributed by atoms with Crippen LogP contribution in [0.25, 0.3) is 0 Å². The Bertz CT molecular complexity index is 791. The summed E-state index contributed by atoms with van der Waals surface area (Å²) in [5.41, 5.74) is 1.32. The Morgan fingerprint density at radius 2 is 1.91 bits per heavy atom. The van der Waals surface area contributed by atoms with E-state index in [-0.39, 0.29) is 4.90 Å². The van der Waals surface area contributed by atoms with Crippen LogP contribution in [0.4, 0.5) is 5.69 Å². The number of aryl methyl sites for hydroxylation is 1. The summed E-state index contributed by atoms with van der Waals surface area (Å²) >= 11 is 7.29. The Morgan fingerprint density at radius 3 is 2.55 bits per heavy atom. The molecule has 0 radical (unpaired) electrons. The van der Waals surface area contributed by atoms with Gasteiger partial charge in [-0.05, 0) is 49.1 Å². The number of hydrogen-bond donors (Lipinski definition) is 1. The van der Waals surface area contributed by atoms with E-state index in [1.807, 2.05) is 19.2 Å². The van der Waals surface area contributed by atoms with Crippen molar-refractivity contribution in [2.24, 2.45) is 0 Å². The van der Waals surface area contributed by atoms with Crippen LogP contribution >= 0.6 is 23.4 Å². The number of methoxy groups -OCH3 is 1. The number of benzene rings is 2. The zero-order chi connectivity index (χ0) is 16.3. The molecular weight excluding hydrogens is 342 g/mol. The molecule has 0 bridgehead atoms. The maximum absolute atomic E-state index is 12.7. The lowest BCUT2D eigenvalue weighted by molar-refractivity contribution is 0.417. The highest BCUT2D eigenvalue weighted by Crippen LogP contribution is 2.32. The molecule has 0 heterocycles. The van der Waals surface area contributed by atoms with Gasteiger partial charge in [0.15, 0.2) is 0 Å². The van der Waals surface area contributed by atoms with Crippen molar-refractivity contribution in [2.45, 2.75) is 16.7 Å². The van der Waals surface area contributed by atoms with E-state index in [0.717, 1.165) is 5.56 Å². The van der Waals surface area contributed by atoms with E-state index in [1.54, 1.807) is 24.3 Å². The van der Waals surface area contributed by atoms with Crippen LogP contribution in [0.2, 0.25) is 5.02 Å². The van der Waals surface area contributed by atoms with Crippen molar-refractivity contribution in [3.63, 3.8) is 0 Å². The summed E-state index contributed by atoms with van der Waals surface area (Å²) in [7, 11) is -2.27. The first kappa shape index (κ1) is 17.0. The third-order valence-corrected chi connectivity index (χ3v) is 5.58. The molecule has 2 aromatic carbocycles. The smallest absolute Gasteiger partial charge is 0.263 e. The summed E-state index contributed by atoms with van der Waals surface area (Å²) in [5, 5.41) is 0.370. The number of thioether (sulfide) groups is 1. The van der Waals surface area contributed by atoms with E-state index in [9.17, 15) is 8.42 Å². The largest absolute Gasteiger partial charge is 0.495 e. The lowest BCUT2D eigenvalue weighted by Crippen LogP contribution is -2.14. The number of nitrogens with one attached hydrogen (secondary N) is 1. The SMILES string of the molecule is COc1ccc(C)cc1NS(=O)(=O)c1cc(Cl)ccc1SC. The third-order valence-electron chi connectivity index (χ3n) is 3.01. The fourth-order valence-corrected chi connectivity index (χ4v) is 4.42. The quantitative estimate of drug-likeness (QED) is 0.815. The third kappa shape index (κ3) is 3.69. The minimum Gasteiger partial charge on any atom is -0.495 e. The van der Waals surface area contributed by atoms with Crippen LogP contribution in [0.1, 0.15) is 5.56 Å². The van der Waals surface area contributed by atoms with Crippen molar-refractivity contribution >= 4 is 39.1 Å². The number of rotatable bonds is 5. The minimum absolute atomic E-state index is 0.149. The predicted molar refractivity (Wildman–Crippen MR) is 91.8 cm³/mol. The van der Waals surface area contributed by atoms with Gasteiger partial charge in [0.2, 0.25) is 0 Å². The standard InChI is InChI=1S/C15H16ClNO3S2/c1-10-4-6-13(20-2)12(8-10)17-22(18,19)15-9-11(16)5-7-14(15)21-3/h4-9,17H,1-3H3. The van der Waals surface area contributed by atoms with Crippen molar-refractivity contribution in [3.8, 4) is 5.75 Å². The Labute approximate surface area is 139 Å². The lowest BCUT2D eigenvalue weighted by atomic mass is 10.2. The first-order valence-electron chi connectivity index (χ1n) is 6.38. The summed E-state index contributed by atoms with van der Waals surface area (Å²) in [4.78, 5) is 0.777. The van der Waals surface area contributed by atoms with Crippen LogP contribution in [-0.4, -0.2) is 21.8 Å². The molecule has 0 unspecified atom stereocenters. The lowest BCUT2D eigenvalue weighted by Gasteiger charge is -2.14. The summed E-state index contributed by atoms with van der Waals surface area (Å²) < 4.78 is 33.1. The van der Waals surface area contributed by atoms with Crippen molar-refractivity contribution in [1.82, 2.24) is 0 Å². The van der Waals surface area contributed by atoms with Crippen LogP contribution in [-0.2, 0) is 10.0 Å². The van der Waals surface area contributed by atoms with Crippen molar-refractivity contribution < 1.29 is 13.2 Å². The van der Waals surface area contributed by atoms with Gasteiger partial charge < -0.3 is 4.74 Å². The van der Waals surface area contributed by atoms with Gasteiger partial charge in [-0.25, -0.2) is 8.42 Å². The highest BCUT2D eigenvalue weighted by atomic mass is 35.5. The highest BCUT2D eigenvalue weighted by Gasteiger charge is 2.20. The first-order valence-corrected chi connectivity index (χ1v) is 9.47. The van der Waals surface area contributed by atoms with Gasteiger partial charge in [0.1, 0.15) is 10.6 Å². The molecule has 0 aliphatic rings. The van der Waals surface area contributed by atoms with Crippen molar-refractivity contribution in [2.75, 3.05) is 18.1 Å². The molecule has 0 atom stereocenters. The molecule has 0 aromatic heterocycles. The zero-order valence-corrected chi connectivity index (χ0v) is 14.8. The second-order valence-electron chi connectivity index (χ2n) is 4.60. The number of halogens is 1. The molecule has 0 aliphatic heterocycles. The van der Waals surface area contributed by atoms with Crippen LogP contribution in [0.3, 0.4) is 0 Å². The van der Waals surface area contributed by atoms with Gasteiger partial charge in [0, 0.05) is 9.92 Å². The molecule has 0 saturated carbocycles. The Morgan fingerprint density at radius 1 is 1.18 bits per heavy atom. The predicted octanol–water partition coefficient (Wildman–Crippen LogP) is 4.18. The molecule has 0 saturated heterocycles. The van der Waals surface area contributed by atoms with Crippen LogP contribution in [0.5, 0.6) is 5.75 Å². The molecule has 0 spiro atoms. The monoisotopic (exact) mass is 357 g/mol. The second kappa shape index (κ2) is 6.81. The molecule has 7 heteroatoms. The normalized spacial score (nSPS) is 11.3. The number of sulfonamides is 1. The van der Waals surface area contributed by atoms with E-state index < -0.39 is 10.0 Å². The highest BCUT2D eigenvalue weighted by molar-refractivity contribution is 7.99. The van der Waals surface area contributed by atoms with Gasteiger partial charge in [-0.3, -0.25) is 4.72 Å². The Hall–Kier alpha value is -1.37. The molecule has 2 rings (SSSR count). The maximum Gasteiger partial charge on any atom is 0.263 e. The number of anilines is 1. The van der Waals surface area contributed by atoms with Gasteiger partial charge in [0.05, 0.1) is 12.8 Å². The molecule has 2 aromatic rings. The Balaban J connectivity index is 2.49. The molecule has 4 nitrogen and oxygen atoms in total. The number of ether oxygens (including phenoxy) is 1. The average molecular weight is 358 g/mol. The van der Waals surface area contributed by atoms with Crippen LogP contribution in [0, 0.1) is 6.92 Å². The molecule has 22 heavy (non-hydrogen) atoms. The average Bonchev–Trinajstić information content (AvgIpc) is 2.47. The topological polar surface area (TPSA) is 55.4 Å². The van der Waals surface area contributed by atoms with Crippen LogP contribution in [0.15, 0.2) is 46.2 Å². The van der Waals surface area contributed by atoms with E-state index in [1.165, 1.54) is 24.9 Å².